The van der Waals surface area contributed by atoms with Gasteiger partial charge in [0, 0.05) is 11.3 Å². The first-order chi connectivity index (χ1) is 13.6. The lowest BCUT2D eigenvalue weighted by Gasteiger charge is -2.19. The van der Waals surface area contributed by atoms with Gasteiger partial charge in [0.2, 0.25) is 0 Å². The smallest absolute Gasteiger partial charge is 0.281 e. The van der Waals surface area contributed by atoms with Crippen molar-refractivity contribution in [2.45, 2.75) is 0 Å². The van der Waals surface area contributed by atoms with E-state index in [2.05, 4.69) is 5.32 Å². The van der Waals surface area contributed by atoms with E-state index in [0.717, 1.165) is 5.01 Å². The number of nitrogens with two attached hydrogens (primary N) is 1. The van der Waals surface area contributed by atoms with E-state index >= 15 is 0 Å². The Hall–Kier alpha value is -3.90. The van der Waals surface area contributed by atoms with Crippen molar-refractivity contribution >= 4 is 28.9 Å². The van der Waals surface area contributed by atoms with Gasteiger partial charge in [0.05, 0.1) is 5.69 Å². The topological polar surface area (TPSA) is 95.7 Å². The lowest BCUT2D eigenvalue weighted by atomic mass is 10.1. The largest absolute Gasteiger partial charge is 0.506 e. The van der Waals surface area contributed by atoms with Crippen LogP contribution in [0.2, 0.25) is 0 Å². The monoisotopic (exact) mass is 373 g/mol. The molecule has 3 aromatic carbocycles. The van der Waals surface area contributed by atoms with Crippen LogP contribution in [0.25, 0.3) is 5.76 Å². The summed E-state index contributed by atoms with van der Waals surface area (Å²) in [5.74, 6) is 3.90. The molecule has 0 unspecified atom stereocenters. The normalized spacial score (nSPS) is 11.3. The van der Waals surface area contributed by atoms with Crippen LogP contribution in [0.4, 0.5) is 11.4 Å². The fourth-order valence-corrected chi connectivity index (χ4v) is 2.59. The van der Waals surface area contributed by atoms with E-state index in [0.29, 0.717) is 16.9 Å². The van der Waals surface area contributed by atoms with E-state index in [1.165, 1.54) is 0 Å². The Labute approximate surface area is 162 Å². The zero-order valence-corrected chi connectivity index (χ0v) is 14.9. The average Bonchev–Trinajstić information content (AvgIpc) is 2.75. The second-order valence-corrected chi connectivity index (χ2v) is 5.92. The van der Waals surface area contributed by atoms with Gasteiger partial charge in [0.1, 0.15) is 11.3 Å². The molecule has 0 bridgehead atoms. The summed E-state index contributed by atoms with van der Waals surface area (Å²) in [5.41, 5.74) is 0.747. The molecule has 0 spiro atoms. The summed E-state index contributed by atoms with van der Waals surface area (Å²) in [5, 5.41) is 14.2. The van der Waals surface area contributed by atoms with Gasteiger partial charge in [0.25, 0.3) is 11.8 Å². The van der Waals surface area contributed by atoms with Crippen molar-refractivity contribution in [3.63, 3.8) is 0 Å². The molecule has 6 nitrogen and oxygen atoms in total. The van der Waals surface area contributed by atoms with Crippen molar-refractivity contribution in [3.8, 4) is 0 Å². The van der Waals surface area contributed by atoms with Gasteiger partial charge in [-0.1, -0.05) is 66.7 Å². The minimum atomic E-state index is -0.832. The summed E-state index contributed by atoms with van der Waals surface area (Å²) in [6.07, 6.45) is 0. The van der Waals surface area contributed by atoms with Crippen molar-refractivity contribution < 1.29 is 14.7 Å². The molecular formula is C22H19N3O3. The number of hydrazine groups is 1. The molecule has 6 heteroatoms. The molecule has 0 radical (unpaired) electrons. The summed E-state index contributed by atoms with van der Waals surface area (Å²) < 4.78 is 0. The Balaban J connectivity index is 2.01. The third-order valence-corrected chi connectivity index (χ3v) is 4.01. The number of para-hydroxylation sites is 2. The maximum Gasteiger partial charge on any atom is 0.281 e. The minimum Gasteiger partial charge on any atom is -0.506 e. The first-order valence-electron chi connectivity index (χ1n) is 8.57. The number of aliphatic hydroxyl groups is 1. The number of amides is 2. The average molecular weight is 373 g/mol. The maximum absolute atomic E-state index is 13.0. The third kappa shape index (κ3) is 4.25. The van der Waals surface area contributed by atoms with Crippen LogP contribution in [-0.2, 0) is 9.59 Å². The van der Waals surface area contributed by atoms with Crippen molar-refractivity contribution in [2.75, 3.05) is 10.3 Å². The van der Waals surface area contributed by atoms with Gasteiger partial charge < -0.3 is 10.4 Å². The van der Waals surface area contributed by atoms with Crippen molar-refractivity contribution in [1.29, 1.82) is 0 Å². The zero-order valence-electron chi connectivity index (χ0n) is 14.9. The SMILES string of the molecule is NN(C(=O)C(C(=O)Nc1ccccc1)=C(O)c1ccccc1)c1ccccc1. The summed E-state index contributed by atoms with van der Waals surface area (Å²) in [6, 6.07) is 25.5. The number of hydrogen-bond acceptors (Lipinski definition) is 4. The van der Waals surface area contributed by atoms with Crippen LogP contribution in [0, 0.1) is 0 Å². The highest BCUT2D eigenvalue weighted by Gasteiger charge is 2.28. The molecule has 0 aliphatic rings. The van der Waals surface area contributed by atoms with Gasteiger partial charge in [-0.05, 0) is 24.3 Å². The molecule has 0 aliphatic heterocycles. The van der Waals surface area contributed by atoms with E-state index in [9.17, 15) is 14.7 Å². The molecular weight excluding hydrogens is 354 g/mol. The van der Waals surface area contributed by atoms with E-state index in [1.54, 1.807) is 91.0 Å². The molecule has 0 atom stereocenters. The fraction of sp³-hybridized carbons (Fsp3) is 0. The predicted molar refractivity (Wildman–Crippen MR) is 109 cm³/mol. The Morgan fingerprint density at radius 3 is 1.86 bits per heavy atom. The molecule has 4 N–H and O–H groups in total. The quantitative estimate of drug-likeness (QED) is 0.121. The molecule has 2 amide bonds. The lowest BCUT2D eigenvalue weighted by Crippen LogP contribution is -2.41. The molecule has 0 aliphatic carbocycles. The second-order valence-electron chi connectivity index (χ2n) is 5.92. The Kier molecular flexibility index (Phi) is 5.84. The first kappa shape index (κ1) is 18.9. The molecule has 0 aromatic heterocycles. The van der Waals surface area contributed by atoms with E-state index < -0.39 is 23.1 Å². The van der Waals surface area contributed by atoms with Crippen LogP contribution in [0.3, 0.4) is 0 Å². The fourth-order valence-electron chi connectivity index (χ4n) is 2.59. The molecule has 28 heavy (non-hydrogen) atoms. The summed E-state index contributed by atoms with van der Waals surface area (Å²) in [4.78, 5) is 25.9. The number of nitrogens with zero attached hydrogens (tertiary/aromatic N) is 1. The Morgan fingerprint density at radius 2 is 1.29 bits per heavy atom. The molecule has 0 saturated carbocycles. The van der Waals surface area contributed by atoms with Gasteiger partial charge in [0.15, 0.2) is 0 Å². The summed E-state index contributed by atoms with van der Waals surface area (Å²) in [6.45, 7) is 0. The van der Waals surface area contributed by atoms with Gasteiger partial charge >= 0.3 is 0 Å². The number of aliphatic hydroxyl groups excluding tert-OH is 1. The van der Waals surface area contributed by atoms with Crippen LogP contribution in [0.15, 0.2) is 96.6 Å². The maximum atomic E-state index is 13.0. The summed E-state index contributed by atoms with van der Waals surface area (Å²) >= 11 is 0. The molecule has 140 valence electrons. The molecule has 3 aromatic rings. The van der Waals surface area contributed by atoms with E-state index in [1.807, 2.05) is 0 Å². The van der Waals surface area contributed by atoms with Crippen LogP contribution in [0.5, 0.6) is 0 Å². The lowest BCUT2D eigenvalue weighted by molar-refractivity contribution is -0.119. The number of carbonyl (C=O) groups is 2. The third-order valence-electron chi connectivity index (χ3n) is 4.01. The van der Waals surface area contributed by atoms with Crippen molar-refractivity contribution in [3.05, 3.63) is 102 Å². The van der Waals surface area contributed by atoms with Gasteiger partial charge in [-0.3, -0.25) is 9.59 Å². The standard InChI is InChI=1S/C22H19N3O3/c23-25(18-14-8-3-9-15-18)22(28)19(20(26)16-10-4-1-5-11-16)21(27)24-17-12-6-2-7-13-17/h1-15,26H,23H2,(H,24,27). The highest BCUT2D eigenvalue weighted by Crippen LogP contribution is 2.21. The highest BCUT2D eigenvalue weighted by atomic mass is 16.3. The number of rotatable bonds is 5. The van der Waals surface area contributed by atoms with E-state index in [4.69, 9.17) is 5.84 Å². The molecule has 0 saturated heterocycles. The van der Waals surface area contributed by atoms with Crippen molar-refractivity contribution in [2.24, 2.45) is 5.84 Å². The number of nitrogens with one attached hydrogen (secondary N) is 1. The van der Waals surface area contributed by atoms with Crippen LogP contribution in [0.1, 0.15) is 5.56 Å². The zero-order chi connectivity index (χ0) is 19.9. The van der Waals surface area contributed by atoms with Gasteiger partial charge in [-0.25, -0.2) is 10.9 Å². The number of hydrogen-bond donors (Lipinski definition) is 3. The van der Waals surface area contributed by atoms with Gasteiger partial charge in [-0.15, -0.1) is 0 Å². The molecule has 3 rings (SSSR count). The Morgan fingerprint density at radius 1 is 0.786 bits per heavy atom. The number of benzene rings is 3. The number of anilines is 2. The Bertz CT molecular complexity index is 987. The van der Waals surface area contributed by atoms with Crippen molar-refractivity contribution in [1.82, 2.24) is 0 Å². The second kappa shape index (κ2) is 8.66. The predicted octanol–water partition coefficient (Wildman–Crippen LogP) is 3.50. The van der Waals surface area contributed by atoms with Crippen LogP contribution < -0.4 is 16.2 Å². The van der Waals surface area contributed by atoms with Crippen LogP contribution >= 0.6 is 0 Å². The van der Waals surface area contributed by atoms with Gasteiger partial charge in [-0.2, -0.15) is 0 Å². The highest BCUT2D eigenvalue weighted by molar-refractivity contribution is 6.30. The molecule has 0 fully saturated rings. The van der Waals surface area contributed by atoms with Crippen LogP contribution in [-0.4, -0.2) is 16.9 Å². The minimum absolute atomic E-state index is 0.329. The number of carbonyl (C=O) groups excluding carboxylic acids is 2. The first-order valence-corrected chi connectivity index (χ1v) is 8.57. The summed E-state index contributed by atoms with van der Waals surface area (Å²) in [7, 11) is 0. The molecule has 0 heterocycles. The van der Waals surface area contributed by atoms with E-state index in [-0.39, 0.29) is 0 Å².